The van der Waals surface area contributed by atoms with E-state index in [-0.39, 0.29) is 5.91 Å². The molecular weight excluding hydrogens is 352 g/mol. The number of aryl methyl sites for hydroxylation is 1. The topological polar surface area (TPSA) is 71.3 Å². The number of hydrogen-bond donors (Lipinski definition) is 1. The summed E-state index contributed by atoms with van der Waals surface area (Å²) in [5.41, 5.74) is 3.29. The highest BCUT2D eigenvalue weighted by molar-refractivity contribution is 5.92. The molecule has 0 aliphatic rings. The maximum absolute atomic E-state index is 12.2. The molecule has 28 heavy (non-hydrogen) atoms. The van der Waals surface area contributed by atoms with Gasteiger partial charge in [0.25, 0.3) is 0 Å². The van der Waals surface area contributed by atoms with Crippen LogP contribution in [0, 0.1) is 18.3 Å². The lowest BCUT2D eigenvalue weighted by Gasteiger charge is -2.11. The first-order valence-corrected chi connectivity index (χ1v) is 8.79. The minimum atomic E-state index is -0.0759. The van der Waals surface area contributed by atoms with Crippen LogP contribution >= 0.6 is 0 Å². The maximum atomic E-state index is 12.2. The van der Waals surface area contributed by atoms with E-state index in [0.717, 1.165) is 11.1 Å². The minimum Gasteiger partial charge on any atom is -0.493 e. The van der Waals surface area contributed by atoms with E-state index in [9.17, 15) is 4.79 Å². The lowest BCUT2D eigenvalue weighted by molar-refractivity contribution is -0.115. The van der Waals surface area contributed by atoms with E-state index in [1.807, 2.05) is 31.2 Å². The summed E-state index contributed by atoms with van der Waals surface area (Å²) in [5.74, 6) is 1.51. The molecule has 5 heteroatoms. The SMILES string of the molecule is COc1cc(C#N)ccc1Oc1ccc(NC(=O)Cc2cccc(C)c2)cc1. The van der Waals surface area contributed by atoms with E-state index in [1.54, 1.807) is 42.5 Å². The van der Waals surface area contributed by atoms with Crippen molar-refractivity contribution in [2.75, 3.05) is 12.4 Å². The zero-order valence-electron chi connectivity index (χ0n) is 15.7. The highest BCUT2D eigenvalue weighted by Crippen LogP contribution is 2.32. The first-order valence-electron chi connectivity index (χ1n) is 8.79. The number of methoxy groups -OCH3 is 1. The molecule has 1 amide bonds. The molecule has 0 aromatic heterocycles. The van der Waals surface area contributed by atoms with E-state index in [4.69, 9.17) is 14.7 Å². The Morgan fingerprint density at radius 1 is 1.04 bits per heavy atom. The average Bonchev–Trinajstić information content (AvgIpc) is 2.69. The second-order valence-corrected chi connectivity index (χ2v) is 6.32. The molecule has 3 aromatic carbocycles. The number of rotatable bonds is 6. The van der Waals surface area contributed by atoms with Crippen LogP contribution < -0.4 is 14.8 Å². The fourth-order valence-corrected chi connectivity index (χ4v) is 2.77. The predicted molar refractivity (Wildman–Crippen MR) is 108 cm³/mol. The van der Waals surface area contributed by atoms with Crippen molar-refractivity contribution in [1.82, 2.24) is 0 Å². The maximum Gasteiger partial charge on any atom is 0.228 e. The van der Waals surface area contributed by atoms with Crippen molar-refractivity contribution < 1.29 is 14.3 Å². The van der Waals surface area contributed by atoms with Crippen molar-refractivity contribution in [2.24, 2.45) is 0 Å². The first kappa shape index (κ1) is 19.0. The van der Waals surface area contributed by atoms with Gasteiger partial charge in [-0.1, -0.05) is 29.8 Å². The molecular formula is C23H20N2O3. The molecule has 0 bridgehead atoms. The first-order chi connectivity index (χ1) is 13.6. The molecule has 0 heterocycles. The molecule has 0 radical (unpaired) electrons. The number of hydrogen-bond acceptors (Lipinski definition) is 4. The van der Waals surface area contributed by atoms with Gasteiger partial charge in [0, 0.05) is 11.8 Å². The highest BCUT2D eigenvalue weighted by Gasteiger charge is 2.08. The second kappa shape index (κ2) is 8.74. The molecule has 5 nitrogen and oxygen atoms in total. The van der Waals surface area contributed by atoms with Gasteiger partial charge >= 0.3 is 0 Å². The van der Waals surface area contributed by atoms with Crippen LogP contribution in [0.4, 0.5) is 5.69 Å². The summed E-state index contributed by atoms with van der Waals surface area (Å²) < 4.78 is 11.1. The van der Waals surface area contributed by atoms with E-state index in [1.165, 1.54) is 7.11 Å². The fraction of sp³-hybridized carbons (Fsp3) is 0.130. The lowest BCUT2D eigenvalue weighted by Crippen LogP contribution is -2.14. The van der Waals surface area contributed by atoms with E-state index >= 15 is 0 Å². The molecule has 1 N–H and O–H groups in total. The zero-order chi connectivity index (χ0) is 19.9. The van der Waals surface area contributed by atoms with Crippen molar-refractivity contribution in [2.45, 2.75) is 13.3 Å². The Balaban J connectivity index is 1.64. The molecule has 140 valence electrons. The van der Waals surface area contributed by atoms with Crippen molar-refractivity contribution in [1.29, 1.82) is 5.26 Å². The standard InChI is InChI=1S/C23H20N2O3/c1-16-4-3-5-17(12-16)14-23(26)25-19-7-9-20(10-8-19)28-21-11-6-18(15-24)13-22(21)27-2/h3-13H,14H2,1-2H3,(H,25,26). The van der Waals surface area contributed by atoms with Crippen LogP contribution in [0.15, 0.2) is 66.7 Å². The molecule has 0 aliphatic heterocycles. The number of anilines is 1. The Morgan fingerprint density at radius 2 is 1.82 bits per heavy atom. The number of benzene rings is 3. The third kappa shape index (κ3) is 4.89. The third-order valence-corrected chi connectivity index (χ3v) is 4.11. The molecule has 0 fully saturated rings. The molecule has 0 saturated heterocycles. The summed E-state index contributed by atoms with van der Waals surface area (Å²) in [4.78, 5) is 12.2. The monoisotopic (exact) mass is 372 g/mol. The van der Waals surface area contributed by atoms with Gasteiger partial charge in [0.1, 0.15) is 5.75 Å². The number of amides is 1. The number of carbonyl (C=O) groups is 1. The third-order valence-electron chi connectivity index (χ3n) is 4.11. The van der Waals surface area contributed by atoms with Gasteiger partial charge in [-0.05, 0) is 48.9 Å². The van der Waals surface area contributed by atoms with Crippen LogP contribution in [0.2, 0.25) is 0 Å². The Hall–Kier alpha value is -3.78. The summed E-state index contributed by atoms with van der Waals surface area (Å²) >= 11 is 0. The van der Waals surface area contributed by atoms with Crippen LogP contribution in [0.1, 0.15) is 16.7 Å². The smallest absolute Gasteiger partial charge is 0.228 e. The van der Waals surface area contributed by atoms with Crippen LogP contribution in [0.5, 0.6) is 17.2 Å². The van der Waals surface area contributed by atoms with Crippen molar-refractivity contribution in [3.63, 3.8) is 0 Å². The van der Waals surface area contributed by atoms with Crippen molar-refractivity contribution in [3.05, 3.63) is 83.4 Å². The molecule has 0 saturated carbocycles. The number of ether oxygens (including phenoxy) is 2. The van der Waals surface area contributed by atoms with Crippen LogP contribution in [-0.4, -0.2) is 13.0 Å². The lowest BCUT2D eigenvalue weighted by atomic mass is 10.1. The number of nitrogens with zero attached hydrogens (tertiary/aromatic N) is 1. The Labute approximate surface area is 164 Å². The summed E-state index contributed by atoms with van der Waals surface area (Å²) in [6, 6.07) is 22.0. The minimum absolute atomic E-state index is 0.0759. The molecule has 0 atom stereocenters. The molecule has 0 aliphatic carbocycles. The average molecular weight is 372 g/mol. The number of carbonyl (C=O) groups excluding carboxylic acids is 1. The van der Waals surface area contributed by atoms with Gasteiger partial charge in [-0.25, -0.2) is 0 Å². The Morgan fingerprint density at radius 3 is 2.50 bits per heavy atom. The van der Waals surface area contributed by atoms with Gasteiger partial charge in [0.05, 0.1) is 25.2 Å². The largest absolute Gasteiger partial charge is 0.493 e. The number of nitrogens with one attached hydrogen (secondary N) is 1. The fourth-order valence-electron chi connectivity index (χ4n) is 2.77. The summed E-state index contributed by atoms with van der Waals surface area (Å²) in [5, 5.41) is 11.8. The normalized spacial score (nSPS) is 10.0. The summed E-state index contributed by atoms with van der Waals surface area (Å²) in [6.45, 7) is 2.00. The Kier molecular flexibility index (Phi) is 5.93. The summed E-state index contributed by atoms with van der Waals surface area (Å²) in [6.07, 6.45) is 0.322. The predicted octanol–water partition coefficient (Wildman–Crippen LogP) is 4.85. The van der Waals surface area contributed by atoms with E-state index in [2.05, 4.69) is 11.4 Å². The zero-order valence-corrected chi connectivity index (χ0v) is 15.7. The van der Waals surface area contributed by atoms with Gasteiger partial charge in [0.15, 0.2) is 11.5 Å². The quantitative estimate of drug-likeness (QED) is 0.671. The van der Waals surface area contributed by atoms with Gasteiger partial charge in [-0.3, -0.25) is 4.79 Å². The summed E-state index contributed by atoms with van der Waals surface area (Å²) in [7, 11) is 1.52. The van der Waals surface area contributed by atoms with Crippen molar-refractivity contribution >= 4 is 11.6 Å². The molecule has 0 spiro atoms. The highest BCUT2D eigenvalue weighted by atomic mass is 16.5. The molecule has 3 rings (SSSR count). The van der Waals surface area contributed by atoms with Gasteiger partial charge in [-0.2, -0.15) is 5.26 Å². The Bertz CT molecular complexity index is 1020. The number of nitriles is 1. The van der Waals surface area contributed by atoms with E-state index in [0.29, 0.717) is 34.9 Å². The van der Waals surface area contributed by atoms with Gasteiger partial charge in [0.2, 0.25) is 5.91 Å². The van der Waals surface area contributed by atoms with Crippen LogP contribution in [-0.2, 0) is 11.2 Å². The molecule has 3 aromatic rings. The second-order valence-electron chi connectivity index (χ2n) is 6.32. The van der Waals surface area contributed by atoms with Gasteiger partial charge in [-0.15, -0.1) is 0 Å². The molecule has 0 unspecified atom stereocenters. The van der Waals surface area contributed by atoms with Crippen LogP contribution in [0.25, 0.3) is 0 Å². The van der Waals surface area contributed by atoms with E-state index < -0.39 is 0 Å². The van der Waals surface area contributed by atoms with Gasteiger partial charge < -0.3 is 14.8 Å². The van der Waals surface area contributed by atoms with Crippen LogP contribution in [0.3, 0.4) is 0 Å². The van der Waals surface area contributed by atoms with Crippen molar-refractivity contribution in [3.8, 4) is 23.3 Å².